The maximum atomic E-state index is 6.20. The van der Waals surface area contributed by atoms with Crippen LogP contribution < -0.4 is 10.1 Å². The Morgan fingerprint density at radius 3 is 2.65 bits per heavy atom. The van der Waals surface area contributed by atoms with Crippen molar-refractivity contribution in [1.82, 2.24) is 5.32 Å². The highest BCUT2D eigenvalue weighted by molar-refractivity contribution is 6.12. The van der Waals surface area contributed by atoms with E-state index in [0.29, 0.717) is 0 Å². The molecule has 0 radical (unpaired) electrons. The van der Waals surface area contributed by atoms with Gasteiger partial charge in [0.25, 0.3) is 0 Å². The first-order valence-electron chi connectivity index (χ1n) is 8.81. The number of hydrogen-bond donors (Lipinski definition) is 1. The number of fused-ring (bicyclic) bond motifs is 1. The van der Waals surface area contributed by atoms with Gasteiger partial charge in [-0.05, 0) is 29.9 Å². The van der Waals surface area contributed by atoms with Crippen molar-refractivity contribution < 1.29 is 4.74 Å². The normalized spacial score (nSPS) is 13.9. The van der Waals surface area contributed by atoms with Gasteiger partial charge < -0.3 is 10.1 Å². The minimum absolute atomic E-state index is 0.787. The molecule has 1 aliphatic heterocycles. The molecular formula is C20H26N2O. The molecule has 1 aliphatic rings. The van der Waals surface area contributed by atoms with Gasteiger partial charge in [-0.25, -0.2) is 0 Å². The lowest BCUT2D eigenvalue weighted by Gasteiger charge is -2.17. The number of nitrogens with one attached hydrogen (secondary N) is 1. The number of amidine groups is 1. The molecule has 3 nitrogen and oxygen atoms in total. The Bertz CT molecular complexity index is 706. The highest BCUT2D eigenvalue weighted by Crippen LogP contribution is 2.34. The van der Waals surface area contributed by atoms with Crippen LogP contribution in [0.15, 0.2) is 35.3 Å². The van der Waals surface area contributed by atoms with Crippen LogP contribution in [0.4, 0.5) is 0 Å². The molecule has 0 aromatic heterocycles. The Kier molecular flexibility index (Phi) is 5.16. The summed E-state index contributed by atoms with van der Waals surface area (Å²) in [5.74, 6) is 2.09. The summed E-state index contributed by atoms with van der Waals surface area (Å²) in [5.41, 5.74) is 2.51. The van der Waals surface area contributed by atoms with Crippen molar-refractivity contribution in [3.63, 3.8) is 0 Å². The maximum Gasteiger partial charge on any atom is 0.130 e. The van der Waals surface area contributed by atoms with E-state index in [-0.39, 0.29) is 0 Å². The Hall–Kier alpha value is -2.03. The van der Waals surface area contributed by atoms with Crippen LogP contribution >= 0.6 is 0 Å². The smallest absolute Gasteiger partial charge is 0.130 e. The lowest BCUT2D eigenvalue weighted by molar-refractivity contribution is 0.310. The second-order valence-electron chi connectivity index (χ2n) is 6.07. The quantitative estimate of drug-likeness (QED) is 0.773. The number of nitrogens with zero attached hydrogens (tertiary/aromatic N) is 1. The van der Waals surface area contributed by atoms with Crippen molar-refractivity contribution in [2.45, 2.75) is 39.5 Å². The summed E-state index contributed by atoms with van der Waals surface area (Å²) in [7, 11) is 0. The molecule has 2 aromatic carbocycles. The maximum absolute atomic E-state index is 6.20. The molecule has 2 aromatic rings. The van der Waals surface area contributed by atoms with E-state index < -0.39 is 0 Å². The first-order valence-corrected chi connectivity index (χ1v) is 8.81. The Morgan fingerprint density at radius 1 is 1.13 bits per heavy atom. The zero-order chi connectivity index (χ0) is 16.1. The molecule has 0 saturated carbocycles. The van der Waals surface area contributed by atoms with Gasteiger partial charge in [0.2, 0.25) is 0 Å². The summed E-state index contributed by atoms with van der Waals surface area (Å²) in [6.45, 7) is 7.00. The van der Waals surface area contributed by atoms with Crippen molar-refractivity contribution in [3.8, 4) is 5.75 Å². The average molecular weight is 310 g/mol. The SMILES string of the molecule is CCCCOc1c(CCC)cc(C2=NCCN2)c2ccccc12. The van der Waals surface area contributed by atoms with Gasteiger partial charge in [-0.1, -0.05) is 51.0 Å². The third-order valence-corrected chi connectivity index (χ3v) is 4.26. The van der Waals surface area contributed by atoms with Crippen LogP contribution in [-0.2, 0) is 6.42 Å². The van der Waals surface area contributed by atoms with Gasteiger partial charge in [-0.2, -0.15) is 0 Å². The minimum Gasteiger partial charge on any atom is -0.493 e. The van der Waals surface area contributed by atoms with Crippen molar-refractivity contribution in [2.75, 3.05) is 19.7 Å². The molecule has 0 fully saturated rings. The summed E-state index contributed by atoms with van der Waals surface area (Å²) < 4.78 is 6.20. The van der Waals surface area contributed by atoms with Crippen LogP contribution in [0.2, 0.25) is 0 Å². The molecule has 0 saturated heterocycles. The fourth-order valence-electron chi connectivity index (χ4n) is 3.12. The molecule has 1 heterocycles. The molecule has 0 amide bonds. The van der Waals surface area contributed by atoms with Crippen LogP contribution in [0.25, 0.3) is 10.8 Å². The number of ether oxygens (including phenoxy) is 1. The minimum atomic E-state index is 0.787. The lowest BCUT2D eigenvalue weighted by atomic mass is 9.96. The largest absolute Gasteiger partial charge is 0.493 e. The van der Waals surface area contributed by atoms with Gasteiger partial charge in [0.15, 0.2) is 0 Å². The van der Waals surface area contributed by atoms with Crippen LogP contribution in [0.5, 0.6) is 5.75 Å². The number of rotatable bonds is 7. The molecule has 23 heavy (non-hydrogen) atoms. The third-order valence-electron chi connectivity index (χ3n) is 4.26. The van der Waals surface area contributed by atoms with Gasteiger partial charge in [-0.3, -0.25) is 4.99 Å². The Labute approximate surface area is 138 Å². The molecule has 0 spiro atoms. The molecule has 0 unspecified atom stereocenters. The number of hydrogen-bond acceptors (Lipinski definition) is 3. The van der Waals surface area contributed by atoms with Crippen LogP contribution in [0.3, 0.4) is 0 Å². The lowest BCUT2D eigenvalue weighted by Crippen LogP contribution is -2.20. The van der Waals surface area contributed by atoms with Gasteiger partial charge in [-0.15, -0.1) is 0 Å². The predicted octanol–water partition coefficient (Wildman–Crippen LogP) is 4.32. The summed E-state index contributed by atoms with van der Waals surface area (Å²) >= 11 is 0. The number of unbranched alkanes of at least 4 members (excludes halogenated alkanes) is 1. The van der Waals surface area contributed by atoms with Crippen molar-refractivity contribution in [3.05, 3.63) is 41.5 Å². The number of aliphatic imine (C=N–C) groups is 1. The summed E-state index contributed by atoms with van der Waals surface area (Å²) in [6.07, 6.45) is 4.39. The Morgan fingerprint density at radius 2 is 1.96 bits per heavy atom. The molecule has 1 N–H and O–H groups in total. The Balaban J connectivity index is 2.12. The molecule has 3 rings (SSSR count). The number of aryl methyl sites for hydroxylation is 1. The first kappa shape index (κ1) is 15.9. The van der Waals surface area contributed by atoms with E-state index in [4.69, 9.17) is 4.74 Å². The van der Waals surface area contributed by atoms with Gasteiger partial charge in [0, 0.05) is 17.5 Å². The predicted molar refractivity (Wildman–Crippen MR) is 97.8 cm³/mol. The van der Waals surface area contributed by atoms with Gasteiger partial charge in [0.05, 0.1) is 13.2 Å². The zero-order valence-electron chi connectivity index (χ0n) is 14.2. The first-order chi connectivity index (χ1) is 11.3. The summed E-state index contributed by atoms with van der Waals surface area (Å²) in [6, 6.07) is 10.8. The molecular weight excluding hydrogens is 284 g/mol. The zero-order valence-corrected chi connectivity index (χ0v) is 14.2. The average Bonchev–Trinajstić information content (AvgIpc) is 3.11. The van der Waals surface area contributed by atoms with Crippen molar-refractivity contribution in [1.29, 1.82) is 0 Å². The van der Waals surface area contributed by atoms with Crippen LogP contribution in [0.1, 0.15) is 44.2 Å². The van der Waals surface area contributed by atoms with Gasteiger partial charge >= 0.3 is 0 Å². The highest BCUT2D eigenvalue weighted by atomic mass is 16.5. The summed E-state index contributed by atoms with van der Waals surface area (Å²) in [5, 5.41) is 5.85. The van der Waals surface area contributed by atoms with E-state index in [1.54, 1.807) is 0 Å². The van der Waals surface area contributed by atoms with Crippen molar-refractivity contribution in [2.24, 2.45) is 4.99 Å². The van der Waals surface area contributed by atoms with E-state index in [9.17, 15) is 0 Å². The fraction of sp³-hybridized carbons (Fsp3) is 0.450. The monoisotopic (exact) mass is 310 g/mol. The molecule has 122 valence electrons. The van der Waals surface area contributed by atoms with E-state index in [2.05, 4.69) is 54.5 Å². The van der Waals surface area contributed by atoms with Crippen molar-refractivity contribution >= 4 is 16.6 Å². The van der Waals surface area contributed by atoms with E-state index in [1.807, 2.05) is 0 Å². The molecule has 3 heteroatoms. The third kappa shape index (κ3) is 3.34. The molecule has 0 aliphatic carbocycles. The number of benzene rings is 2. The fourth-order valence-corrected chi connectivity index (χ4v) is 3.12. The molecule has 0 atom stereocenters. The van der Waals surface area contributed by atoms with Crippen LogP contribution in [0, 0.1) is 0 Å². The second-order valence-corrected chi connectivity index (χ2v) is 6.07. The standard InChI is InChI=1S/C20H26N2O/c1-3-5-13-23-19-15(8-4-2)14-18(20-21-11-12-22-20)16-9-6-7-10-17(16)19/h6-7,9-10,14H,3-5,8,11-13H2,1-2H3,(H,21,22). The highest BCUT2D eigenvalue weighted by Gasteiger charge is 2.17. The second kappa shape index (κ2) is 7.49. The van der Waals surface area contributed by atoms with Crippen LogP contribution in [-0.4, -0.2) is 25.5 Å². The summed E-state index contributed by atoms with van der Waals surface area (Å²) in [4.78, 5) is 4.63. The molecule has 0 bridgehead atoms. The van der Waals surface area contributed by atoms with E-state index in [1.165, 1.54) is 21.9 Å². The topological polar surface area (TPSA) is 33.6 Å². The van der Waals surface area contributed by atoms with E-state index in [0.717, 1.165) is 57.0 Å². The van der Waals surface area contributed by atoms with Gasteiger partial charge in [0.1, 0.15) is 11.6 Å². The van der Waals surface area contributed by atoms with E-state index >= 15 is 0 Å².